The molecule has 2 aromatic heterocycles. The van der Waals surface area contributed by atoms with Crippen molar-refractivity contribution < 1.29 is 9.66 Å². The minimum absolute atomic E-state index is 0.0622. The third-order valence-electron chi connectivity index (χ3n) is 3.10. The van der Waals surface area contributed by atoms with E-state index in [2.05, 4.69) is 4.98 Å². The van der Waals surface area contributed by atoms with Crippen molar-refractivity contribution in [1.29, 1.82) is 0 Å². The Morgan fingerprint density at radius 3 is 3.00 bits per heavy atom. The van der Waals surface area contributed by atoms with Crippen LogP contribution in [0.15, 0.2) is 29.8 Å². The van der Waals surface area contributed by atoms with Crippen molar-refractivity contribution >= 4 is 22.0 Å². The number of aryl methyl sites for hydroxylation is 1. The summed E-state index contributed by atoms with van der Waals surface area (Å²) in [4.78, 5) is 15.6. The number of imidazole rings is 1. The largest absolute Gasteiger partial charge is 0.437 e. The summed E-state index contributed by atoms with van der Waals surface area (Å²) >= 11 is 1.48. The molecule has 0 aliphatic carbocycles. The summed E-state index contributed by atoms with van der Waals surface area (Å²) in [6.07, 6.45) is 1.88. The molecule has 108 valence electrons. The average Bonchev–Trinajstić information content (AvgIpc) is 2.98. The highest BCUT2D eigenvalue weighted by molar-refractivity contribution is 7.15. The summed E-state index contributed by atoms with van der Waals surface area (Å²) in [6, 6.07) is 4.59. The molecule has 0 saturated heterocycles. The number of nitrogens with zero attached hydrogens (tertiary/aromatic N) is 3. The Morgan fingerprint density at radius 2 is 2.33 bits per heavy atom. The number of nitrogens with two attached hydrogens (primary N) is 1. The van der Waals surface area contributed by atoms with Gasteiger partial charge in [-0.25, -0.2) is 0 Å². The molecular formula is C13H12N4O3S. The first-order valence-corrected chi connectivity index (χ1v) is 7.05. The third kappa shape index (κ3) is 2.34. The van der Waals surface area contributed by atoms with Crippen LogP contribution in [0.5, 0.6) is 11.6 Å². The summed E-state index contributed by atoms with van der Waals surface area (Å²) in [7, 11) is 0. The lowest BCUT2D eigenvalue weighted by Gasteiger charge is -2.06. The molecule has 21 heavy (non-hydrogen) atoms. The van der Waals surface area contributed by atoms with Gasteiger partial charge in [0.25, 0.3) is 5.69 Å². The predicted octanol–water partition coefficient (Wildman–Crippen LogP) is 2.86. The number of fused-ring (bicyclic) bond motifs is 1. The number of thiazole rings is 1. The second kappa shape index (κ2) is 5.15. The lowest BCUT2D eigenvalue weighted by atomic mass is 10.2. The maximum atomic E-state index is 10.8. The monoisotopic (exact) mass is 304 g/mol. The topological polar surface area (TPSA) is 95.7 Å². The van der Waals surface area contributed by atoms with Gasteiger partial charge in [0.1, 0.15) is 11.4 Å². The number of benzene rings is 1. The summed E-state index contributed by atoms with van der Waals surface area (Å²) < 4.78 is 7.60. The van der Waals surface area contributed by atoms with Gasteiger partial charge in [0.2, 0.25) is 5.88 Å². The van der Waals surface area contributed by atoms with Crippen LogP contribution < -0.4 is 10.5 Å². The molecule has 1 aromatic carbocycles. The van der Waals surface area contributed by atoms with Crippen LogP contribution >= 0.6 is 11.3 Å². The quantitative estimate of drug-likeness (QED) is 0.590. The lowest BCUT2D eigenvalue weighted by molar-refractivity contribution is -0.385. The number of nitro groups is 1. The van der Waals surface area contributed by atoms with E-state index < -0.39 is 4.92 Å². The Morgan fingerprint density at radius 1 is 1.52 bits per heavy atom. The summed E-state index contributed by atoms with van der Waals surface area (Å²) in [5.41, 5.74) is 7.11. The van der Waals surface area contributed by atoms with E-state index >= 15 is 0 Å². The highest BCUT2D eigenvalue weighted by Crippen LogP contribution is 2.30. The van der Waals surface area contributed by atoms with Crippen LogP contribution in [-0.4, -0.2) is 14.3 Å². The van der Waals surface area contributed by atoms with Crippen molar-refractivity contribution in [2.24, 2.45) is 5.73 Å². The molecule has 3 aromatic rings. The number of nitro benzene ring substituents is 1. The molecule has 0 saturated carbocycles. The summed E-state index contributed by atoms with van der Waals surface area (Å²) in [6.45, 7) is 1.96. The van der Waals surface area contributed by atoms with Gasteiger partial charge < -0.3 is 10.5 Å². The molecule has 0 bridgehead atoms. The molecule has 0 unspecified atom stereocenters. The van der Waals surface area contributed by atoms with E-state index in [1.807, 2.05) is 16.0 Å². The second-order valence-corrected chi connectivity index (χ2v) is 5.30. The zero-order chi connectivity index (χ0) is 15.0. The van der Waals surface area contributed by atoms with Gasteiger partial charge >= 0.3 is 0 Å². The fraction of sp³-hybridized carbons (Fsp3) is 0.154. The fourth-order valence-corrected chi connectivity index (χ4v) is 2.81. The molecule has 0 fully saturated rings. The van der Waals surface area contributed by atoms with Gasteiger partial charge in [-0.15, -0.1) is 11.3 Å². The van der Waals surface area contributed by atoms with Gasteiger partial charge in [0, 0.05) is 29.8 Å². The van der Waals surface area contributed by atoms with Crippen LogP contribution in [0.1, 0.15) is 11.3 Å². The van der Waals surface area contributed by atoms with E-state index in [-0.39, 0.29) is 5.69 Å². The van der Waals surface area contributed by atoms with Crippen molar-refractivity contribution in [3.05, 3.63) is 51.1 Å². The molecule has 3 rings (SSSR count). The Labute approximate surface area is 123 Å². The molecular weight excluding hydrogens is 292 g/mol. The van der Waals surface area contributed by atoms with Crippen molar-refractivity contribution in [2.75, 3.05) is 0 Å². The lowest BCUT2D eigenvalue weighted by Crippen LogP contribution is -2.02. The molecule has 0 aliphatic heterocycles. The Hall–Kier alpha value is -2.45. The smallest absolute Gasteiger partial charge is 0.272 e. The van der Waals surface area contributed by atoms with Crippen LogP contribution in [-0.2, 0) is 6.54 Å². The van der Waals surface area contributed by atoms with E-state index in [0.717, 1.165) is 10.7 Å². The van der Waals surface area contributed by atoms with Gasteiger partial charge in [-0.1, -0.05) is 0 Å². The van der Waals surface area contributed by atoms with Crippen molar-refractivity contribution in [2.45, 2.75) is 13.5 Å². The van der Waals surface area contributed by atoms with Gasteiger partial charge in [-0.2, -0.15) is 4.98 Å². The average molecular weight is 304 g/mol. The van der Waals surface area contributed by atoms with Crippen molar-refractivity contribution in [3.8, 4) is 11.6 Å². The van der Waals surface area contributed by atoms with E-state index in [9.17, 15) is 10.1 Å². The van der Waals surface area contributed by atoms with Crippen LogP contribution in [0.2, 0.25) is 0 Å². The van der Waals surface area contributed by atoms with Gasteiger partial charge in [0.05, 0.1) is 4.92 Å². The Kier molecular flexibility index (Phi) is 3.32. The maximum absolute atomic E-state index is 10.8. The first kappa shape index (κ1) is 13.5. The molecule has 0 amide bonds. The number of ether oxygens (including phenoxy) is 1. The van der Waals surface area contributed by atoms with Gasteiger partial charge in [0.15, 0.2) is 4.96 Å². The third-order valence-corrected chi connectivity index (χ3v) is 3.85. The fourth-order valence-electron chi connectivity index (χ4n) is 2.09. The van der Waals surface area contributed by atoms with Crippen LogP contribution in [0, 0.1) is 17.0 Å². The minimum atomic E-state index is -0.420. The molecule has 0 atom stereocenters. The molecule has 8 heteroatoms. The number of hydrogen-bond donors (Lipinski definition) is 1. The maximum Gasteiger partial charge on any atom is 0.272 e. The normalized spacial score (nSPS) is 11.0. The highest BCUT2D eigenvalue weighted by Gasteiger charge is 2.16. The molecule has 0 aliphatic rings. The SMILES string of the molecule is Cc1cc(Oc2nc3sccn3c2CN)ccc1[N+](=O)[O-]. The van der Waals surface area contributed by atoms with Crippen molar-refractivity contribution in [1.82, 2.24) is 9.38 Å². The zero-order valence-electron chi connectivity index (χ0n) is 11.1. The Bertz CT molecular complexity index is 824. The van der Waals surface area contributed by atoms with Crippen molar-refractivity contribution in [3.63, 3.8) is 0 Å². The standard InChI is InChI=1S/C13H12N4O3S/c1-8-6-9(2-3-10(8)17(18)19)20-12-11(7-14)16-4-5-21-13(16)15-12/h2-6H,7,14H2,1H3. The summed E-state index contributed by atoms with van der Waals surface area (Å²) in [5.74, 6) is 0.927. The van der Waals surface area contributed by atoms with Gasteiger partial charge in [-0.05, 0) is 19.1 Å². The van der Waals surface area contributed by atoms with Crippen LogP contribution in [0.4, 0.5) is 5.69 Å². The number of hydrogen-bond acceptors (Lipinski definition) is 6. The van der Waals surface area contributed by atoms with E-state index in [4.69, 9.17) is 10.5 Å². The summed E-state index contributed by atoms with van der Waals surface area (Å²) in [5, 5.41) is 12.7. The first-order valence-electron chi connectivity index (χ1n) is 6.17. The van der Waals surface area contributed by atoms with Crippen LogP contribution in [0.25, 0.3) is 4.96 Å². The molecule has 0 spiro atoms. The first-order chi connectivity index (χ1) is 10.1. The zero-order valence-corrected chi connectivity index (χ0v) is 12.0. The van der Waals surface area contributed by atoms with Crippen LogP contribution in [0.3, 0.4) is 0 Å². The predicted molar refractivity (Wildman–Crippen MR) is 78.9 cm³/mol. The Balaban J connectivity index is 1.96. The number of aromatic nitrogens is 2. The van der Waals surface area contributed by atoms with E-state index in [0.29, 0.717) is 23.7 Å². The van der Waals surface area contributed by atoms with Gasteiger partial charge in [-0.3, -0.25) is 14.5 Å². The molecule has 7 nitrogen and oxygen atoms in total. The highest BCUT2D eigenvalue weighted by atomic mass is 32.1. The number of rotatable bonds is 4. The van der Waals surface area contributed by atoms with E-state index in [1.54, 1.807) is 19.1 Å². The molecule has 2 heterocycles. The minimum Gasteiger partial charge on any atom is -0.437 e. The van der Waals surface area contributed by atoms with E-state index in [1.165, 1.54) is 17.4 Å². The molecule has 0 radical (unpaired) electrons. The second-order valence-electron chi connectivity index (χ2n) is 4.43. The molecule has 2 N–H and O–H groups in total.